The van der Waals surface area contributed by atoms with E-state index >= 15 is 0 Å². The quantitative estimate of drug-likeness (QED) is 0.344. The maximum absolute atomic E-state index is 13.9. The van der Waals surface area contributed by atoms with Gasteiger partial charge in [0.15, 0.2) is 0 Å². The molecule has 5 aromatic rings. The normalized spacial score (nSPS) is 16.1. The summed E-state index contributed by atoms with van der Waals surface area (Å²) < 4.78 is 9.07. The molecule has 6 rings (SSSR count). The first-order valence-corrected chi connectivity index (χ1v) is 12.9. The van der Waals surface area contributed by atoms with Crippen LogP contribution in [0.2, 0.25) is 0 Å². The van der Waals surface area contributed by atoms with Crippen LogP contribution in [-0.2, 0) is 6.54 Å². The summed E-state index contributed by atoms with van der Waals surface area (Å²) in [6, 6.07) is 19.5. The molecule has 1 fully saturated rings. The van der Waals surface area contributed by atoms with E-state index in [1.165, 1.54) is 0 Å². The van der Waals surface area contributed by atoms with Gasteiger partial charge in [-0.2, -0.15) is 0 Å². The maximum atomic E-state index is 13.9. The lowest BCUT2D eigenvalue weighted by Gasteiger charge is -2.25. The summed E-state index contributed by atoms with van der Waals surface area (Å²) in [4.78, 5) is 23.2. The third kappa shape index (κ3) is 4.33. The first-order chi connectivity index (χ1) is 17.2. The molecule has 3 heterocycles. The van der Waals surface area contributed by atoms with Gasteiger partial charge in [-0.25, -0.2) is 9.97 Å². The fourth-order valence-corrected chi connectivity index (χ4v) is 5.54. The zero-order valence-electron chi connectivity index (χ0n) is 19.5. The van der Waals surface area contributed by atoms with Crippen LogP contribution in [0.5, 0.6) is 11.5 Å². The molecule has 0 amide bonds. The van der Waals surface area contributed by atoms with Crippen molar-refractivity contribution in [3.63, 3.8) is 0 Å². The number of fused-ring (bicyclic) bond motifs is 2. The molecular formula is C28H26N4O2S. The Labute approximate surface area is 207 Å². The van der Waals surface area contributed by atoms with Crippen molar-refractivity contribution in [2.75, 3.05) is 13.1 Å². The first-order valence-electron chi connectivity index (χ1n) is 12.0. The van der Waals surface area contributed by atoms with Gasteiger partial charge >= 0.3 is 0 Å². The van der Waals surface area contributed by atoms with Crippen LogP contribution in [0.25, 0.3) is 32.5 Å². The van der Waals surface area contributed by atoms with E-state index in [-0.39, 0.29) is 5.56 Å². The summed E-state index contributed by atoms with van der Waals surface area (Å²) in [6.07, 6.45) is 2.23. The summed E-state index contributed by atoms with van der Waals surface area (Å²) >= 11 is 1.58. The first kappa shape index (κ1) is 21.9. The van der Waals surface area contributed by atoms with Crippen molar-refractivity contribution in [1.29, 1.82) is 0 Å². The fraction of sp³-hybridized carbons (Fsp3) is 0.250. The molecule has 0 radical (unpaired) electrons. The van der Waals surface area contributed by atoms with Gasteiger partial charge in [-0.3, -0.25) is 9.36 Å². The topological polar surface area (TPSA) is 69.0 Å². The Morgan fingerprint density at radius 3 is 2.74 bits per heavy atom. The fourth-order valence-electron chi connectivity index (χ4n) is 4.84. The summed E-state index contributed by atoms with van der Waals surface area (Å²) in [7, 11) is 0. The number of rotatable bonds is 5. The van der Waals surface area contributed by atoms with Crippen molar-refractivity contribution in [2.24, 2.45) is 5.92 Å². The second kappa shape index (κ2) is 9.24. The Morgan fingerprint density at radius 2 is 1.91 bits per heavy atom. The number of piperidine rings is 1. The minimum Gasteiger partial charge on any atom is -0.457 e. The van der Waals surface area contributed by atoms with E-state index in [1.807, 2.05) is 64.7 Å². The van der Waals surface area contributed by atoms with Gasteiger partial charge in [0.05, 0.1) is 26.6 Å². The number of hydrogen-bond acceptors (Lipinski definition) is 6. The average Bonchev–Trinajstić information content (AvgIpc) is 3.35. The number of aryl methyl sites for hydroxylation is 1. The molecular weight excluding hydrogens is 456 g/mol. The van der Waals surface area contributed by atoms with Crippen LogP contribution >= 0.6 is 11.3 Å². The van der Waals surface area contributed by atoms with Crippen molar-refractivity contribution in [1.82, 2.24) is 19.9 Å². The van der Waals surface area contributed by atoms with Crippen LogP contribution in [0.15, 0.2) is 71.0 Å². The minimum atomic E-state index is -0.0258. The zero-order valence-corrected chi connectivity index (χ0v) is 20.3. The zero-order chi connectivity index (χ0) is 23.8. The van der Waals surface area contributed by atoms with Gasteiger partial charge in [-0.1, -0.05) is 24.3 Å². The van der Waals surface area contributed by atoms with E-state index in [0.29, 0.717) is 29.1 Å². The maximum Gasteiger partial charge on any atom is 0.261 e. The highest BCUT2D eigenvalue weighted by Crippen LogP contribution is 2.30. The van der Waals surface area contributed by atoms with Crippen molar-refractivity contribution in [3.8, 4) is 22.9 Å². The molecule has 1 aliphatic heterocycles. The van der Waals surface area contributed by atoms with Gasteiger partial charge < -0.3 is 10.1 Å². The lowest BCUT2D eigenvalue weighted by Crippen LogP contribution is -2.35. The molecule has 176 valence electrons. The number of ether oxygens (including phenoxy) is 1. The molecule has 35 heavy (non-hydrogen) atoms. The van der Waals surface area contributed by atoms with E-state index in [0.717, 1.165) is 58.8 Å². The van der Waals surface area contributed by atoms with Gasteiger partial charge in [0, 0.05) is 18.2 Å². The van der Waals surface area contributed by atoms with Crippen LogP contribution in [0.3, 0.4) is 0 Å². The second-order valence-corrected chi connectivity index (χ2v) is 10.0. The average molecular weight is 483 g/mol. The van der Waals surface area contributed by atoms with Gasteiger partial charge in [-0.05, 0) is 74.7 Å². The van der Waals surface area contributed by atoms with Gasteiger partial charge in [0.25, 0.3) is 5.56 Å². The Balaban J connectivity index is 1.44. The molecule has 2 aromatic heterocycles. The van der Waals surface area contributed by atoms with Crippen LogP contribution in [0, 0.1) is 12.8 Å². The summed E-state index contributed by atoms with van der Waals surface area (Å²) in [5, 5.41) is 4.04. The van der Waals surface area contributed by atoms with Crippen molar-refractivity contribution < 1.29 is 4.74 Å². The molecule has 0 bridgehead atoms. The Hall–Kier alpha value is -3.55. The number of hydrogen-bond donors (Lipinski definition) is 1. The van der Waals surface area contributed by atoms with Gasteiger partial charge in [0.1, 0.15) is 17.3 Å². The van der Waals surface area contributed by atoms with Crippen molar-refractivity contribution >= 4 is 32.5 Å². The third-order valence-electron chi connectivity index (χ3n) is 6.69. The van der Waals surface area contributed by atoms with E-state index in [1.54, 1.807) is 11.3 Å². The summed E-state index contributed by atoms with van der Waals surface area (Å²) in [5.74, 6) is 2.47. The smallest absolute Gasteiger partial charge is 0.261 e. The van der Waals surface area contributed by atoms with Crippen LogP contribution in [0.4, 0.5) is 0 Å². The molecule has 0 aliphatic carbocycles. The Kier molecular flexibility index (Phi) is 5.80. The molecule has 0 unspecified atom stereocenters. The minimum absolute atomic E-state index is 0.0258. The lowest BCUT2D eigenvalue weighted by molar-refractivity contribution is 0.334. The summed E-state index contributed by atoms with van der Waals surface area (Å²) in [5.41, 5.74) is 5.53. The predicted octanol–water partition coefficient (Wildman–Crippen LogP) is 5.77. The van der Waals surface area contributed by atoms with E-state index in [2.05, 4.69) is 23.3 Å². The second-order valence-electron chi connectivity index (χ2n) is 9.14. The molecule has 1 saturated heterocycles. The van der Waals surface area contributed by atoms with Crippen LogP contribution < -0.4 is 15.6 Å². The molecule has 3 aromatic carbocycles. The molecule has 7 heteroatoms. The molecule has 0 saturated carbocycles. The van der Waals surface area contributed by atoms with Crippen LogP contribution in [0.1, 0.15) is 18.4 Å². The largest absolute Gasteiger partial charge is 0.457 e. The highest BCUT2D eigenvalue weighted by molar-refractivity contribution is 7.16. The summed E-state index contributed by atoms with van der Waals surface area (Å²) in [6.45, 7) is 4.67. The van der Waals surface area contributed by atoms with Crippen molar-refractivity contribution in [2.45, 2.75) is 26.3 Å². The molecule has 1 N–H and O–H groups in total. The van der Waals surface area contributed by atoms with Gasteiger partial charge in [0.2, 0.25) is 0 Å². The highest BCUT2D eigenvalue weighted by Gasteiger charge is 2.20. The number of nitrogens with one attached hydrogen (secondary N) is 1. The van der Waals surface area contributed by atoms with E-state index < -0.39 is 0 Å². The molecule has 1 atom stereocenters. The highest BCUT2D eigenvalue weighted by atomic mass is 32.1. The van der Waals surface area contributed by atoms with E-state index in [4.69, 9.17) is 9.72 Å². The number of benzene rings is 3. The third-order valence-corrected chi connectivity index (χ3v) is 7.48. The number of nitrogens with zero attached hydrogens (tertiary/aromatic N) is 3. The number of aromatic nitrogens is 3. The predicted molar refractivity (Wildman–Crippen MR) is 141 cm³/mol. The monoisotopic (exact) mass is 482 g/mol. The SMILES string of the molecule is Cc1ccccc1-c1nc2ccc(Oc3ccc4ncsc4c3)cc2c(=O)n1C[C@H]1CCCNC1. The molecule has 0 spiro atoms. The van der Waals surface area contributed by atoms with Gasteiger partial charge in [-0.15, -0.1) is 11.3 Å². The van der Waals surface area contributed by atoms with E-state index in [9.17, 15) is 4.79 Å². The number of thiazole rings is 1. The van der Waals surface area contributed by atoms with Crippen molar-refractivity contribution in [3.05, 3.63) is 82.1 Å². The standard InChI is InChI=1S/C28H26N4O2S/c1-18-5-2-3-7-22(18)27-31-24-10-8-20(34-21-9-11-25-26(14-21)35-17-30-25)13-23(24)28(33)32(27)16-19-6-4-12-29-15-19/h2-3,5,7-11,13-14,17,19,29H,4,6,12,15-16H2,1H3/t19-/m0/s1. The molecule has 1 aliphatic rings. The Morgan fingerprint density at radius 1 is 1.09 bits per heavy atom. The van der Waals surface area contributed by atoms with Crippen LogP contribution in [-0.4, -0.2) is 27.6 Å². The molecule has 6 nitrogen and oxygen atoms in total. The Bertz CT molecular complexity index is 1580. The lowest BCUT2D eigenvalue weighted by atomic mass is 9.99.